The van der Waals surface area contributed by atoms with Gasteiger partial charge in [-0.05, 0) is 31.2 Å². The smallest absolute Gasteiger partial charge is 0.108 e. The van der Waals surface area contributed by atoms with Crippen molar-refractivity contribution >= 4 is 0 Å². The highest BCUT2D eigenvalue weighted by Gasteiger charge is 2.25. The van der Waals surface area contributed by atoms with Crippen molar-refractivity contribution in [2.45, 2.75) is 58.4 Å². The highest BCUT2D eigenvalue weighted by molar-refractivity contribution is 4.94. The van der Waals surface area contributed by atoms with Crippen LogP contribution in [0.1, 0.15) is 51.8 Å². The van der Waals surface area contributed by atoms with Crippen LogP contribution in [0.25, 0.3) is 0 Å². The van der Waals surface area contributed by atoms with Crippen molar-refractivity contribution in [3.05, 3.63) is 18.2 Å². The normalized spacial score (nSPS) is 24.6. The quantitative estimate of drug-likeness (QED) is 0.827. The maximum atomic E-state index is 4.51. The van der Waals surface area contributed by atoms with E-state index in [4.69, 9.17) is 0 Å². The summed E-state index contributed by atoms with van der Waals surface area (Å²) in [5.41, 5.74) is 0. The van der Waals surface area contributed by atoms with Crippen molar-refractivity contribution < 1.29 is 0 Å². The monoisotopic (exact) mass is 263 g/mol. The van der Waals surface area contributed by atoms with E-state index >= 15 is 0 Å². The fourth-order valence-electron chi connectivity index (χ4n) is 3.21. The van der Waals surface area contributed by atoms with E-state index in [-0.39, 0.29) is 0 Å². The Morgan fingerprint density at radius 1 is 1.26 bits per heavy atom. The summed E-state index contributed by atoms with van der Waals surface area (Å²) >= 11 is 0. The van der Waals surface area contributed by atoms with E-state index < -0.39 is 0 Å². The van der Waals surface area contributed by atoms with Gasteiger partial charge in [0.15, 0.2) is 0 Å². The second-order valence-electron chi connectivity index (χ2n) is 6.38. The molecule has 0 saturated heterocycles. The first kappa shape index (κ1) is 14.6. The summed E-state index contributed by atoms with van der Waals surface area (Å²) in [5.74, 6) is 2.87. The molecule has 108 valence electrons. The van der Waals surface area contributed by atoms with Gasteiger partial charge in [-0.1, -0.05) is 33.1 Å². The van der Waals surface area contributed by atoms with Gasteiger partial charge in [-0.15, -0.1) is 0 Å². The molecule has 1 aliphatic rings. The van der Waals surface area contributed by atoms with Crippen molar-refractivity contribution in [2.75, 3.05) is 6.54 Å². The SMILES string of the molecule is CC(C)NCC1CCCCCC1Cc1nccn1C. The summed E-state index contributed by atoms with van der Waals surface area (Å²) in [7, 11) is 2.11. The second-order valence-corrected chi connectivity index (χ2v) is 6.38. The van der Waals surface area contributed by atoms with E-state index in [9.17, 15) is 0 Å². The van der Waals surface area contributed by atoms with Crippen LogP contribution in [-0.4, -0.2) is 22.1 Å². The van der Waals surface area contributed by atoms with Gasteiger partial charge in [-0.3, -0.25) is 0 Å². The van der Waals surface area contributed by atoms with Gasteiger partial charge in [-0.2, -0.15) is 0 Å². The highest BCUT2D eigenvalue weighted by atomic mass is 15.0. The number of nitrogens with zero attached hydrogens (tertiary/aromatic N) is 2. The number of hydrogen-bond acceptors (Lipinski definition) is 2. The highest BCUT2D eigenvalue weighted by Crippen LogP contribution is 2.30. The molecule has 2 unspecified atom stereocenters. The predicted octanol–water partition coefficient (Wildman–Crippen LogP) is 3.16. The lowest BCUT2D eigenvalue weighted by Gasteiger charge is -2.26. The lowest BCUT2D eigenvalue weighted by Crippen LogP contribution is -2.33. The zero-order chi connectivity index (χ0) is 13.7. The molecule has 1 fully saturated rings. The first-order valence-corrected chi connectivity index (χ1v) is 7.86. The number of imidazole rings is 1. The van der Waals surface area contributed by atoms with Crippen LogP contribution in [0.3, 0.4) is 0 Å². The number of nitrogens with one attached hydrogen (secondary N) is 1. The molecular formula is C16H29N3. The Kier molecular flexibility index (Phi) is 5.44. The Morgan fingerprint density at radius 3 is 2.63 bits per heavy atom. The minimum Gasteiger partial charge on any atom is -0.338 e. The van der Waals surface area contributed by atoms with Crippen LogP contribution in [0.2, 0.25) is 0 Å². The maximum Gasteiger partial charge on any atom is 0.108 e. The zero-order valence-corrected chi connectivity index (χ0v) is 12.7. The fraction of sp³-hybridized carbons (Fsp3) is 0.812. The average Bonchev–Trinajstić information content (AvgIpc) is 2.64. The first-order valence-electron chi connectivity index (χ1n) is 7.86. The van der Waals surface area contributed by atoms with Crippen molar-refractivity contribution in [2.24, 2.45) is 18.9 Å². The lowest BCUT2D eigenvalue weighted by atomic mass is 9.85. The van der Waals surface area contributed by atoms with Gasteiger partial charge in [0.05, 0.1) is 0 Å². The molecule has 2 atom stereocenters. The van der Waals surface area contributed by atoms with Crippen LogP contribution >= 0.6 is 0 Å². The topological polar surface area (TPSA) is 29.9 Å². The molecule has 0 spiro atoms. The molecule has 0 radical (unpaired) electrons. The molecule has 0 amide bonds. The predicted molar refractivity (Wildman–Crippen MR) is 80.1 cm³/mol. The standard InChI is InChI=1S/C16H29N3/c1-13(2)18-12-15-8-6-4-5-7-14(15)11-16-17-9-10-19(16)3/h9-10,13-15,18H,4-8,11-12H2,1-3H3. The molecule has 19 heavy (non-hydrogen) atoms. The summed E-state index contributed by atoms with van der Waals surface area (Å²) in [6, 6.07) is 0.595. The summed E-state index contributed by atoms with van der Waals surface area (Å²) in [6.07, 6.45) is 12.1. The van der Waals surface area contributed by atoms with Gasteiger partial charge in [-0.25, -0.2) is 4.98 Å². The second kappa shape index (κ2) is 7.09. The van der Waals surface area contributed by atoms with Crippen LogP contribution < -0.4 is 5.32 Å². The van der Waals surface area contributed by atoms with E-state index in [1.165, 1.54) is 44.5 Å². The minimum atomic E-state index is 0.595. The molecule has 1 saturated carbocycles. The Bertz CT molecular complexity index is 370. The van der Waals surface area contributed by atoms with Crippen molar-refractivity contribution in [3.8, 4) is 0 Å². The molecule has 1 heterocycles. The lowest BCUT2D eigenvalue weighted by molar-refractivity contribution is 0.286. The molecule has 1 aromatic heterocycles. The Balaban J connectivity index is 1.98. The molecule has 3 heteroatoms. The fourth-order valence-corrected chi connectivity index (χ4v) is 3.21. The van der Waals surface area contributed by atoms with E-state index in [2.05, 4.69) is 42.0 Å². The molecule has 0 aromatic carbocycles. The van der Waals surface area contributed by atoms with Crippen molar-refractivity contribution in [1.82, 2.24) is 14.9 Å². The first-order chi connectivity index (χ1) is 9.16. The van der Waals surface area contributed by atoms with Gasteiger partial charge in [0.1, 0.15) is 5.82 Å². The number of aromatic nitrogens is 2. The molecule has 1 N–H and O–H groups in total. The summed E-state index contributed by atoms with van der Waals surface area (Å²) in [4.78, 5) is 4.51. The van der Waals surface area contributed by atoms with Crippen LogP contribution in [0.5, 0.6) is 0 Å². The summed E-state index contributed by atoms with van der Waals surface area (Å²) < 4.78 is 2.18. The minimum absolute atomic E-state index is 0.595. The summed E-state index contributed by atoms with van der Waals surface area (Å²) in [5, 5.41) is 3.64. The molecule has 3 nitrogen and oxygen atoms in total. The van der Waals surface area contributed by atoms with Crippen molar-refractivity contribution in [3.63, 3.8) is 0 Å². The van der Waals surface area contributed by atoms with Gasteiger partial charge in [0.2, 0.25) is 0 Å². The van der Waals surface area contributed by atoms with Crippen LogP contribution in [-0.2, 0) is 13.5 Å². The van der Waals surface area contributed by atoms with E-state index in [0.29, 0.717) is 6.04 Å². The van der Waals surface area contributed by atoms with E-state index in [0.717, 1.165) is 18.3 Å². The molecule has 1 aromatic rings. The third-order valence-corrected chi connectivity index (χ3v) is 4.47. The van der Waals surface area contributed by atoms with Crippen LogP contribution in [0, 0.1) is 11.8 Å². The van der Waals surface area contributed by atoms with Crippen molar-refractivity contribution in [1.29, 1.82) is 0 Å². The maximum absolute atomic E-state index is 4.51. The molecule has 1 aliphatic carbocycles. The number of aryl methyl sites for hydroxylation is 1. The van der Waals surface area contributed by atoms with Gasteiger partial charge in [0.25, 0.3) is 0 Å². The van der Waals surface area contributed by atoms with Gasteiger partial charge >= 0.3 is 0 Å². The Hall–Kier alpha value is -0.830. The third kappa shape index (κ3) is 4.34. The Morgan fingerprint density at radius 2 is 2.00 bits per heavy atom. The average molecular weight is 263 g/mol. The van der Waals surface area contributed by atoms with Crippen LogP contribution in [0.15, 0.2) is 12.4 Å². The molecule has 2 rings (SSSR count). The molecular weight excluding hydrogens is 234 g/mol. The number of hydrogen-bond donors (Lipinski definition) is 1. The van der Waals surface area contributed by atoms with Gasteiger partial charge in [0, 0.05) is 31.9 Å². The third-order valence-electron chi connectivity index (χ3n) is 4.47. The number of rotatable bonds is 5. The Labute approximate surface area is 117 Å². The van der Waals surface area contributed by atoms with E-state index in [1.54, 1.807) is 0 Å². The molecule has 0 bridgehead atoms. The zero-order valence-electron chi connectivity index (χ0n) is 12.7. The summed E-state index contributed by atoms with van der Waals surface area (Å²) in [6.45, 7) is 5.65. The largest absolute Gasteiger partial charge is 0.338 e. The van der Waals surface area contributed by atoms with Crippen LogP contribution in [0.4, 0.5) is 0 Å². The van der Waals surface area contributed by atoms with E-state index in [1.807, 2.05) is 6.20 Å². The van der Waals surface area contributed by atoms with Gasteiger partial charge < -0.3 is 9.88 Å². The molecule has 0 aliphatic heterocycles.